The van der Waals surface area contributed by atoms with E-state index in [2.05, 4.69) is 240 Å². The van der Waals surface area contributed by atoms with Crippen molar-refractivity contribution in [3.8, 4) is 50.2 Å². The van der Waals surface area contributed by atoms with Gasteiger partial charge >= 0.3 is 0 Å². The molecule has 3 nitrogen and oxygen atoms in total. The molecular formula is C60H40N2O. The third-order valence-corrected chi connectivity index (χ3v) is 12.5. The van der Waals surface area contributed by atoms with Crippen molar-refractivity contribution in [2.75, 3.05) is 4.90 Å². The first kappa shape index (κ1) is 36.5. The highest BCUT2D eigenvalue weighted by Crippen LogP contribution is 2.43. The summed E-state index contributed by atoms with van der Waals surface area (Å²) in [6.45, 7) is 0. The molecule has 0 aliphatic heterocycles. The number of hydrogen-bond acceptors (Lipinski definition) is 2. The molecule has 0 unspecified atom stereocenters. The fourth-order valence-electron chi connectivity index (χ4n) is 9.48. The van der Waals surface area contributed by atoms with Gasteiger partial charge < -0.3 is 13.9 Å². The van der Waals surface area contributed by atoms with Crippen LogP contribution in [0, 0.1) is 0 Å². The Balaban J connectivity index is 0.944. The van der Waals surface area contributed by atoms with E-state index in [1.807, 2.05) is 12.1 Å². The Morgan fingerprint density at radius 3 is 1.38 bits per heavy atom. The molecule has 0 saturated carbocycles. The van der Waals surface area contributed by atoms with Crippen LogP contribution in [0.4, 0.5) is 17.1 Å². The molecule has 2 aromatic heterocycles. The third-order valence-electron chi connectivity index (χ3n) is 12.5. The minimum Gasteiger partial charge on any atom is -0.455 e. The number of furan rings is 1. The maximum absolute atomic E-state index is 6.43. The molecule has 0 amide bonds. The molecule has 12 aromatic rings. The molecule has 0 bridgehead atoms. The van der Waals surface area contributed by atoms with Crippen molar-refractivity contribution < 1.29 is 4.42 Å². The largest absolute Gasteiger partial charge is 0.455 e. The first-order valence-electron chi connectivity index (χ1n) is 21.5. The lowest BCUT2D eigenvalue weighted by Crippen LogP contribution is -2.09. The number of hydrogen-bond donors (Lipinski definition) is 0. The van der Waals surface area contributed by atoms with E-state index < -0.39 is 0 Å². The van der Waals surface area contributed by atoms with Crippen molar-refractivity contribution in [1.82, 2.24) is 4.57 Å². The summed E-state index contributed by atoms with van der Waals surface area (Å²) >= 11 is 0. The molecule has 0 spiro atoms. The van der Waals surface area contributed by atoms with Crippen LogP contribution in [0.1, 0.15) is 0 Å². The first-order chi connectivity index (χ1) is 31.3. The van der Waals surface area contributed by atoms with E-state index in [0.717, 1.165) is 61.4 Å². The monoisotopic (exact) mass is 804 g/mol. The lowest BCUT2D eigenvalue weighted by atomic mass is 9.93. The van der Waals surface area contributed by atoms with Gasteiger partial charge in [0.05, 0.1) is 16.7 Å². The number of para-hydroxylation sites is 5. The van der Waals surface area contributed by atoms with Crippen LogP contribution in [0.25, 0.3) is 93.9 Å². The van der Waals surface area contributed by atoms with Crippen LogP contribution in [0.15, 0.2) is 247 Å². The van der Waals surface area contributed by atoms with Crippen LogP contribution in [-0.4, -0.2) is 4.57 Å². The molecule has 10 aromatic carbocycles. The van der Waals surface area contributed by atoms with Gasteiger partial charge in [0.2, 0.25) is 0 Å². The average molecular weight is 805 g/mol. The molecule has 0 aliphatic carbocycles. The van der Waals surface area contributed by atoms with Gasteiger partial charge in [-0.3, -0.25) is 0 Å². The van der Waals surface area contributed by atoms with E-state index in [1.165, 1.54) is 49.6 Å². The first-order valence-corrected chi connectivity index (χ1v) is 21.5. The van der Waals surface area contributed by atoms with Gasteiger partial charge in [-0.2, -0.15) is 0 Å². The SMILES string of the molecule is c1ccc(-c2ccc(N(c3ccc(-c4ccccc4-c4ccccc4-n4c5ccccc5c5ccccc54)cc3)c3ccc(-c4cccc5c4oc4ccccc45)cc3)cc2)cc1. The van der Waals surface area contributed by atoms with Crippen molar-refractivity contribution in [3.63, 3.8) is 0 Å². The molecule has 0 fully saturated rings. The fraction of sp³-hybridized carbons (Fsp3) is 0. The summed E-state index contributed by atoms with van der Waals surface area (Å²) in [5.74, 6) is 0. The molecule has 0 aliphatic rings. The third kappa shape index (κ3) is 6.29. The van der Waals surface area contributed by atoms with Crippen molar-refractivity contribution in [3.05, 3.63) is 243 Å². The highest BCUT2D eigenvalue weighted by atomic mass is 16.3. The summed E-state index contributed by atoms with van der Waals surface area (Å²) in [7, 11) is 0. The summed E-state index contributed by atoms with van der Waals surface area (Å²) in [5, 5.41) is 4.77. The van der Waals surface area contributed by atoms with Gasteiger partial charge in [0.15, 0.2) is 0 Å². The Kier molecular flexibility index (Phi) is 8.83. The standard InChI is InChI=1S/C60H40N2O/c1-2-15-41(16-3-1)42-29-35-45(36-30-42)61(47-39-33-44(34-40-47)49-23-14-24-55-54-22-9-13-28-59(54)63-60(49)55)46-37-31-43(32-38-46)48-17-4-5-18-50(48)51-19-6-10-25-56(51)62-57-26-11-7-20-52(57)53-21-8-12-27-58(53)62/h1-40H. The zero-order chi connectivity index (χ0) is 41.7. The van der Waals surface area contributed by atoms with Gasteiger partial charge in [0.1, 0.15) is 11.2 Å². The number of nitrogens with zero attached hydrogens (tertiary/aromatic N) is 2. The molecule has 296 valence electrons. The summed E-state index contributed by atoms with van der Waals surface area (Å²) in [5.41, 5.74) is 17.9. The van der Waals surface area contributed by atoms with Crippen molar-refractivity contribution in [2.45, 2.75) is 0 Å². The Bertz CT molecular complexity index is 3550. The van der Waals surface area contributed by atoms with Gasteiger partial charge in [0.25, 0.3) is 0 Å². The van der Waals surface area contributed by atoms with Gasteiger partial charge in [-0.15, -0.1) is 0 Å². The van der Waals surface area contributed by atoms with Crippen molar-refractivity contribution >= 4 is 60.8 Å². The zero-order valence-electron chi connectivity index (χ0n) is 34.4. The second kappa shape index (κ2) is 15.3. The highest BCUT2D eigenvalue weighted by molar-refractivity contribution is 6.11. The smallest absolute Gasteiger partial charge is 0.143 e. The fourth-order valence-corrected chi connectivity index (χ4v) is 9.48. The van der Waals surface area contributed by atoms with Gasteiger partial charge in [-0.1, -0.05) is 182 Å². The van der Waals surface area contributed by atoms with E-state index in [-0.39, 0.29) is 0 Å². The van der Waals surface area contributed by atoms with Crippen LogP contribution in [0.5, 0.6) is 0 Å². The normalized spacial score (nSPS) is 11.5. The maximum Gasteiger partial charge on any atom is 0.143 e. The summed E-state index contributed by atoms with van der Waals surface area (Å²) in [4.78, 5) is 2.34. The maximum atomic E-state index is 6.43. The lowest BCUT2D eigenvalue weighted by Gasteiger charge is -2.26. The molecule has 0 atom stereocenters. The predicted octanol–water partition coefficient (Wildman–Crippen LogP) is 16.8. The van der Waals surface area contributed by atoms with Crippen LogP contribution in [-0.2, 0) is 0 Å². The average Bonchev–Trinajstić information content (AvgIpc) is 3.91. The predicted molar refractivity (Wildman–Crippen MR) is 264 cm³/mol. The minimum atomic E-state index is 0.903. The van der Waals surface area contributed by atoms with Gasteiger partial charge in [-0.05, 0) is 94.0 Å². The topological polar surface area (TPSA) is 21.3 Å². The number of aromatic nitrogens is 1. The van der Waals surface area contributed by atoms with Gasteiger partial charge in [0, 0.05) is 49.7 Å². The van der Waals surface area contributed by atoms with Gasteiger partial charge in [-0.25, -0.2) is 0 Å². The number of benzene rings is 10. The van der Waals surface area contributed by atoms with E-state index in [9.17, 15) is 0 Å². The Hall–Kier alpha value is -8.40. The van der Waals surface area contributed by atoms with E-state index in [1.54, 1.807) is 0 Å². The van der Waals surface area contributed by atoms with Crippen LogP contribution < -0.4 is 4.90 Å². The molecule has 3 heteroatoms. The van der Waals surface area contributed by atoms with Crippen LogP contribution in [0.2, 0.25) is 0 Å². The lowest BCUT2D eigenvalue weighted by molar-refractivity contribution is 0.670. The zero-order valence-corrected chi connectivity index (χ0v) is 34.4. The second-order valence-electron chi connectivity index (χ2n) is 16.1. The summed E-state index contributed by atoms with van der Waals surface area (Å²) in [6.07, 6.45) is 0. The highest BCUT2D eigenvalue weighted by Gasteiger charge is 2.19. The molecule has 63 heavy (non-hydrogen) atoms. The molecule has 12 rings (SSSR count). The van der Waals surface area contributed by atoms with Crippen LogP contribution >= 0.6 is 0 Å². The molecule has 0 saturated heterocycles. The number of fused-ring (bicyclic) bond motifs is 6. The number of rotatable bonds is 8. The van der Waals surface area contributed by atoms with E-state index in [0.29, 0.717) is 0 Å². The Morgan fingerprint density at radius 1 is 0.286 bits per heavy atom. The number of anilines is 3. The van der Waals surface area contributed by atoms with Crippen molar-refractivity contribution in [2.24, 2.45) is 0 Å². The Morgan fingerprint density at radius 2 is 0.730 bits per heavy atom. The molecule has 2 heterocycles. The van der Waals surface area contributed by atoms with E-state index >= 15 is 0 Å². The van der Waals surface area contributed by atoms with Crippen LogP contribution in [0.3, 0.4) is 0 Å². The summed E-state index contributed by atoms with van der Waals surface area (Å²) in [6, 6.07) is 87.0. The molecular weight excluding hydrogens is 765 g/mol. The quantitative estimate of drug-likeness (QED) is 0.153. The molecule has 0 radical (unpaired) electrons. The molecule has 0 N–H and O–H groups in total. The van der Waals surface area contributed by atoms with E-state index in [4.69, 9.17) is 4.42 Å². The summed E-state index contributed by atoms with van der Waals surface area (Å²) < 4.78 is 8.85. The Labute approximate surface area is 366 Å². The second-order valence-corrected chi connectivity index (χ2v) is 16.1. The minimum absolute atomic E-state index is 0.903. The van der Waals surface area contributed by atoms with Crippen molar-refractivity contribution in [1.29, 1.82) is 0 Å².